The van der Waals surface area contributed by atoms with Gasteiger partial charge in [-0.1, -0.05) is 28.9 Å². The zero-order chi connectivity index (χ0) is 22.5. The average Bonchev–Trinajstić information content (AvgIpc) is 2.83. The molecule has 0 saturated carbocycles. The monoisotopic (exact) mass is 502 g/mol. The highest BCUT2D eigenvalue weighted by atomic mass is 79.9. The molecule has 2 aliphatic heterocycles. The van der Waals surface area contributed by atoms with E-state index in [1.54, 1.807) is 0 Å². The third-order valence-electron chi connectivity index (χ3n) is 6.89. The Labute approximate surface area is 198 Å². The summed E-state index contributed by atoms with van der Waals surface area (Å²) < 4.78 is 14.1. The first-order valence-corrected chi connectivity index (χ1v) is 12.4. The molecule has 3 heterocycles. The quantitative estimate of drug-likeness (QED) is 0.583. The van der Waals surface area contributed by atoms with Crippen molar-refractivity contribution < 1.29 is 9.18 Å². The SMILES string of the molecule is CCC(c1ccncc1)N1CCC(C(=O)N2CCN(Cc3ccc(F)cc3Br)CC2)CC1. The maximum Gasteiger partial charge on any atom is 0.225 e. The van der Waals surface area contributed by atoms with Crippen LogP contribution in [0.15, 0.2) is 47.2 Å². The molecule has 1 aromatic heterocycles. The highest BCUT2D eigenvalue weighted by molar-refractivity contribution is 9.10. The number of hydrogen-bond donors (Lipinski definition) is 0. The molecule has 1 aromatic carbocycles. The minimum absolute atomic E-state index is 0.138. The van der Waals surface area contributed by atoms with E-state index < -0.39 is 0 Å². The predicted molar refractivity (Wildman–Crippen MR) is 128 cm³/mol. The number of aromatic nitrogens is 1. The van der Waals surface area contributed by atoms with Crippen LogP contribution in [0.4, 0.5) is 4.39 Å². The maximum absolute atomic E-state index is 13.3. The number of piperidine rings is 1. The van der Waals surface area contributed by atoms with Gasteiger partial charge >= 0.3 is 0 Å². The summed E-state index contributed by atoms with van der Waals surface area (Å²) in [5.41, 5.74) is 2.40. The van der Waals surface area contributed by atoms with E-state index in [1.165, 1.54) is 17.7 Å². The lowest BCUT2D eigenvalue weighted by Crippen LogP contribution is -2.51. The fourth-order valence-electron chi connectivity index (χ4n) is 5.02. The van der Waals surface area contributed by atoms with Crippen LogP contribution in [0, 0.1) is 11.7 Å². The molecular weight excluding hydrogens is 471 g/mol. The maximum atomic E-state index is 13.3. The van der Waals surface area contributed by atoms with Crippen LogP contribution in [0.5, 0.6) is 0 Å². The second-order valence-electron chi connectivity index (χ2n) is 8.85. The van der Waals surface area contributed by atoms with E-state index in [1.807, 2.05) is 18.5 Å². The Kier molecular flexibility index (Phi) is 7.92. The van der Waals surface area contributed by atoms with Crippen molar-refractivity contribution >= 4 is 21.8 Å². The van der Waals surface area contributed by atoms with Crippen molar-refractivity contribution in [2.24, 2.45) is 5.92 Å². The van der Waals surface area contributed by atoms with Crippen molar-refractivity contribution in [1.82, 2.24) is 19.7 Å². The lowest BCUT2D eigenvalue weighted by molar-refractivity contribution is -0.139. The number of piperazine rings is 1. The summed E-state index contributed by atoms with van der Waals surface area (Å²) in [4.78, 5) is 24.2. The minimum Gasteiger partial charge on any atom is -0.340 e. The van der Waals surface area contributed by atoms with Gasteiger partial charge in [-0.25, -0.2) is 4.39 Å². The lowest BCUT2D eigenvalue weighted by atomic mass is 9.92. The Morgan fingerprint density at radius 2 is 1.78 bits per heavy atom. The summed E-state index contributed by atoms with van der Waals surface area (Å²) >= 11 is 3.46. The molecule has 7 heteroatoms. The molecule has 1 amide bonds. The lowest BCUT2D eigenvalue weighted by Gasteiger charge is -2.40. The van der Waals surface area contributed by atoms with Crippen LogP contribution in [0.1, 0.15) is 43.4 Å². The number of hydrogen-bond acceptors (Lipinski definition) is 4. The molecule has 0 N–H and O–H groups in total. The predicted octanol–water partition coefficient (Wildman–Crippen LogP) is 4.49. The van der Waals surface area contributed by atoms with Gasteiger partial charge in [0.05, 0.1) is 0 Å². The van der Waals surface area contributed by atoms with Gasteiger partial charge in [0.2, 0.25) is 5.91 Å². The molecule has 2 aromatic rings. The Hall–Kier alpha value is -1.83. The van der Waals surface area contributed by atoms with Crippen molar-refractivity contribution in [3.63, 3.8) is 0 Å². The molecule has 5 nitrogen and oxygen atoms in total. The molecule has 32 heavy (non-hydrogen) atoms. The Morgan fingerprint density at radius 1 is 1.09 bits per heavy atom. The molecule has 4 rings (SSSR count). The number of halogens is 2. The molecule has 2 aliphatic rings. The Morgan fingerprint density at radius 3 is 2.41 bits per heavy atom. The summed E-state index contributed by atoms with van der Waals surface area (Å²) in [5.74, 6) is 0.233. The number of carbonyl (C=O) groups excluding carboxylic acids is 1. The highest BCUT2D eigenvalue weighted by Crippen LogP contribution is 2.30. The summed E-state index contributed by atoms with van der Waals surface area (Å²) in [5, 5.41) is 0. The molecule has 0 aliphatic carbocycles. The van der Waals surface area contributed by atoms with Gasteiger partial charge < -0.3 is 4.90 Å². The molecule has 172 valence electrons. The molecule has 0 spiro atoms. The minimum atomic E-state index is -0.229. The van der Waals surface area contributed by atoms with Gasteiger partial charge in [-0.2, -0.15) is 0 Å². The van der Waals surface area contributed by atoms with Gasteiger partial charge in [0.1, 0.15) is 5.82 Å². The van der Waals surface area contributed by atoms with E-state index in [4.69, 9.17) is 0 Å². The van der Waals surface area contributed by atoms with E-state index in [-0.39, 0.29) is 11.7 Å². The first kappa shape index (κ1) is 23.3. The summed E-state index contributed by atoms with van der Waals surface area (Å²) in [6, 6.07) is 9.47. The van der Waals surface area contributed by atoms with Gasteiger partial charge in [0.25, 0.3) is 0 Å². The molecular formula is C25H32BrFN4O. The average molecular weight is 503 g/mol. The van der Waals surface area contributed by atoms with Crippen LogP contribution >= 0.6 is 15.9 Å². The van der Waals surface area contributed by atoms with Crippen LogP contribution in [0.2, 0.25) is 0 Å². The van der Waals surface area contributed by atoms with Gasteiger partial charge in [-0.05, 0) is 67.7 Å². The fraction of sp³-hybridized carbons (Fsp3) is 0.520. The van der Waals surface area contributed by atoms with Crippen molar-refractivity contribution in [3.8, 4) is 0 Å². The number of amides is 1. The van der Waals surface area contributed by atoms with E-state index >= 15 is 0 Å². The molecule has 0 bridgehead atoms. The normalized spacial score (nSPS) is 19.8. The summed E-state index contributed by atoms with van der Waals surface area (Å²) in [7, 11) is 0. The number of carbonyl (C=O) groups is 1. The number of pyridine rings is 1. The van der Waals surface area contributed by atoms with E-state index in [9.17, 15) is 9.18 Å². The van der Waals surface area contributed by atoms with E-state index in [2.05, 4.69) is 54.7 Å². The number of benzene rings is 1. The number of likely N-dealkylation sites (tertiary alicyclic amines) is 1. The molecule has 1 atom stereocenters. The Balaban J connectivity index is 1.25. The summed E-state index contributed by atoms with van der Waals surface area (Å²) in [6.45, 7) is 8.19. The fourth-order valence-corrected chi connectivity index (χ4v) is 5.50. The Bertz CT molecular complexity index is 896. The molecule has 0 radical (unpaired) electrons. The van der Waals surface area contributed by atoms with Gasteiger partial charge in [0, 0.05) is 61.5 Å². The largest absolute Gasteiger partial charge is 0.340 e. The van der Waals surface area contributed by atoms with Crippen molar-refractivity contribution in [1.29, 1.82) is 0 Å². The van der Waals surface area contributed by atoms with Gasteiger partial charge in [-0.3, -0.25) is 19.6 Å². The first-order valence-electron chi connectivity index (χ1n) is 11.6. The van der Waals surface area contributed by atoms with Gasteiger partial charge in [0.15, 0.2) is 0 Å². The van der Waals surface area contributed by atoms with Crippen LogP contribution in [-0.4, -0.2) is 64.9 Å². The van der Waals surface area contributed by atoms with Crippen LogP contribution < -0.4 is 0 Å². The molecule has 2 fully saturated rings. The van der Waals surface area contributed by atoms with Crippen molar-refractivity contribution in [2.75, 3.05) is 39.3 Å². The number of nitrogens with zero attached hydrogens (tertiary/aromatic N) is 4. The topological polar surface area (TPSA) is 39.7 Å². The van der Waals surface area contributed by atoms with Crippen molar-refractivity contribution in [3.05, 3.63) is 64.1 Å². The van der Waals surface area contributed by atoms with E-state index in [0.717, 1.165) is 75.1 Å². The molecule has 1 unspecified atom stereocenters. The summed E-state index contributed by atoms with van der Waals surface area (Å²) in [6.07, 6.45) is 6.66. The van der Waals surface area contributed by atoms with E-state index in [0.29, 0.717) is 11.9 Å². The zero-order valence-corrected chi connectivity index (χ0v) is 20.3. The van der Waals surface area contributed by atoms with Crippen LogP contribution in [0.25, 0.3) is 0 Å². The second kappa shape index (κ2) is 10.9. The van der Waals surface area contributed by atoms with Crippen LogP contribution in [0.3, 0.4) is 0 Å². The number of rotatable bonds is 6. The first-order chi connectivity index (χ1) is 15.5. The standard InChI is InChI=1S/C25H32BrFN4O/c1-2-24(19-5-9-28-10-6-19)30-11-7-20(8-12-30)25(32)31-15-13-29(14-16-31)18-21-3-4-22(27)17-23(21)26/h3-6,9-10,17,20,24H,2,7-8,11-16,18H2,1H3. The molecule has 2 saturated heterocycles. The van der Waals surface area contributed by atoms with Crippen molar-refractivity contribution in [2.45, 2.75) is 38.8 Å². The van der Waals surface area contributed by atoms with Crippen LogP contribution in [-0.2, 0) is 11.3 Å². The second-order valence-corrected chi connectivity index (χ2v) is 9.71. The third kappa shape index (κ3) is 5.56. The third-order valence-corrected chi connectivity index (χ3v) is 7.63. The zero-order valence-electron chi connectivity index (χ0n) is 18.7. The highest BCUT2D eigenvalue weighted by Gasteiger charge is 2.32. The smallest absolute Gasteiger partial charge is 0.225 e. The van der Waals surface area contributed by atoms with Gasteiger partial charge in [-0.15, -0.1) is 0 Å².